The highest BCUT2D eigenvalue weighted by Gasteiger charge is 2.50. The van der Waals surface area contributed by atoms with Crippen molar-refractivity contribution >= 4 is 23.1 Å². The normalized spacial score (nSPS) is 22.6. The number of nitrogens with zero attached hydrogens (tertiary/aromatic N) is 4. The summed E-state index contributed by atoms with van der Waals surface area (Å²) in [6.45, 7) is 4.97. The Labute approximate surface area is 246 Å². The van der Waals surface area contributed by atoms with Crippen LogP contribution in [0.3, 0.4) is 0 Å². The third kappa shape index (κ3) is 5.68. The summed E-state index contributed by atoms with van der Waals surface area (Å²) in [6, 6.07) is 2.58. The van der Waals surface area contributed by atoms with Crippen molar-refractivity contribution in [1.82, 2.24) is 14.7 Å². The number of likely N-dealkylation sites (N-methyl/N-ethyl adjacent to an activating group) is 2. The molecule has 3 aliphatic heterocycles. The molecule has 7 nitrogen and oxygen atoms in total. The molecule has 7 rings (SSSR count). The number of amides is 2. The van der Waals surface area contributed by atoms with Gasteiger partial charge in [-0.1, -0.05) is 13.0 Å². The van der Waals surface area contributed by atoms with Crippen LogP contribution in [-0.2, 0) is 9.59 Å². The number of fused-ring (bicyclic) bond motifs is 1. The molecule has 3 heterocycles. The molecule has 0 aromatic heterocycles. The predicted molar refractivity (Wildman–Crippen MR) is 158 cm³/mol. The summed E-state index contributed by atoms with van der Waals surface area (Å²) < 4.78 is 36.0. The minimum Gasteiger partial charge on any atom is -0.487 e. The van der Waals surface area contributed by atoms with Crippen molar-refractivity contribution in [3.63, 3.8) is 0 Å². The van der Waals surface area contributed by atoms with Crippen molar-refractivity contribution in [1.29, 1.82) is 0 Å². The number of hydrogen-bond acceptors (Lipinski definition) is 5. The van der Waals surface area contributed by atoms with Gasteiger partial charge >= 0.3 is 0 Å². The maximum absolute atomic E-state index is 15.2. The first-order valence-corrected chi connectivity index (χ1v) is 14.9. The molecular weight excluding hydrogens is 538 g/mol. The molecule has 1 aromatic rings. The van der Waals surface area contributed by atoms with E-state index in [1.165, 1.54) is 17.7 Å². The van der Waals surface area contributed by atoms with E-state index in [1.807, 2.05) is 36.4 Å². The van der Waals surface area contributed by atoms with Gasteiger partial charge < -0.3 is 19.4 Å². The maximum Gasteiger partial charge on any atom is 0.272 e. The van der Waals surface area contributed by atoms with Crippen LogP contribution in [0, 0.1) is 35.3 Å². The zero-order chi connectivity index (χ0) is 29.8. The summed E-state index contributed by atoms with van der Waals surface area (Å²) in [5, 5.41) is 0. The second-order valence-electron chi connectivity index (χ2n) is 12.9. The van der Waals surface area contributed by atoms with Gasteiger partial charge in [0.05, 0.1) is 6.61 Å². The zero-order valence-corrected chi connectivity index (χ0v) is 24.9. The molecule has 1 saturated carbocycles. The minimum absolute atomic E-state index is 0.0492. The average molecular weight is 578 g/mol. The molecule has 9 heteroatoms. The van der Waals surface area contributed by atoms with Crippen molar-refractivity contribution < 1.29 is 23.1 Å². The van der Waals surface area contributed by atoms with Crippen molar-refractivity contribution in [2.24, 2.45) is 22.2 Å². The Hall–Kier alpha value is -3.33. The fourth-order valence-electron chi connectivity index (χ4n) is 6.03. The molecule has 1 saturated heterocycles. The molecular formula is C33H39F2N4O3. The Morgan fingerprint density at radius 2 is 1.76 bits per heavy atom. The van der Waals surface area contributed by atoms with Gasteiger partial charge in [0.2, 0.25) is 5.91 Å². The van der Waals surface area contributed by atoms with E-state index in [1.54, 1.807) is 18.1 Å². The van der Waals surface area contributed by atoms with Gasteiger partial charge in [0.1, 0.15) is 5.71 Å². The van der Waals surface area contributed by atoms with Crippen molar-refractivity contribution in [3.8, 4) is 5.75 Å². The first-order chi connectivity index (χ1) is 20.0. The van der Waals surface area contributed by atoms with Gasteiger partial charge in [-0.2, -0.15) is 0 Å². The van der Waals surface area contributed by atoms with Gasteiger partial charge in [0.15, 0.2) is 17.4 Å². The van der Waals surface area contributed by atoms with Crippen LogP contribution in [0.4, 0.5) is 8.78 Å². The van der Waals surface area contributed by atoms with E-state index in [-0.39, 0.29) is 41.4 Å². The first-order valence-electron chi connectivity index (χ1n) is 14.9. The predicted octanol–water partition coefficient (Wildman–Crippen LogP) is 4.66. The molecule has 2 fully saturated rings. The van der Waals surface area contributed by atoms with Crippen LogP contribution in [0.15, 0.2) is 46.1 Å². The van der Waals surface area contributed by atoms with Crippen molar-refractivity contribution in [2.45, 2.75) is 39.0 Å². The van der Waals surface area contributed by atoms with Gasteiger partial charge in [-0.15, -0.1) is 0 Å². The molecule has 1 aromatic carbocycles. The molecule has 3 aliphatic carbocycles. The molecule has 1 unspecified atom stereocenters. The van der Waals surface area contributed by atoms with Gasteiger partial charge in [-0.05, 0) is 91.9 Å². The maximum atomic E-state index is 15.2. The van der Waals surface area contributed by atoms with E-state index < -0.39 is 11.6 Å². The number of allylic oxidation sites excluding steroid dienone is 3. The van der Waals surface area contributed by atoms with Crippen LogP contribution in [0.5, 0.6) is 5.75 Å². The number of benzene rings is 1. The second-order valence-corrected chi connectivity index (χ2v) is 12.9. The number of rotatable bonds is 10. The van der Waals surface area contributed by atoms with E-state index >= 15 is 8.78 Å². The van der Waals surface area contributed by atoms with Gasteiger partial charge in [-0.25, -0.2) is 8.78 Å². The standard InChI is InChI=1S/C33H39F2N4O3/c1-33(7-8-33)26-17-24(26)31(40)39-9-5-20(6-10-39)19-42-30-27(34)15-22(16-28(30)35)25-18-36-29(23-13-21(25)14-23)32(41)38(4)12-11-37(2)3/h13,15-18,20-21H,5-12,14,19H2,1-4H3. The number of ether oxygens (including phenoxy) is 1. The number of carbonyl (C=O) groups is 2. The van der Waals surface area contributed by atoms with Crippen LogP contribution in [0.2, 0.25) is 0 Å². The molecule has 2 bridgehead atoms. The number of hydrogen-bond donors (Lipinski definition) is 0. The Kier molecular flexibility index (Phi) is 7.58. The van der Waals surface area contributed by atoms with Gasteiger partial charge in [-0.3, -0.25) is 14.6 Å². The van der Waals surface area contributed by atoms with E-state index in [2.05, 4.69) is 11.9 Å². The second kappa shape index (κ2) is 11.1. The van der Waals surface area contributed by atoms with Crippen LogP contribution >= 0.6 is 0 Å². The van der Waals surface area contributed by atoms with Crippen molar-refractivity contribution in [3.05, 3.63) is 64.7 Å². The lowest BCUT2D eigenvalue weighted by Crippen LogP contribution is -2.39. The van der Waals surface area contributed by atoms with Crippen LogP contribution in [0.1, 0.15) is 44.6 Å². The van der Waals surface area contributed by atoms with E-state index in [0.717, 1.165) is 43.4 Å². The van der Waals surface area contributed by atoms with Crippen LogP contribution < -0.4 is 4.74 Å². The quantitative estimate of drug-likeness (QED) is 0.406. The lowest BCUT2D eigenvalue weighted by Gasteiger charge is -2.31. The molecule has 0 N–H and O–H groups in total. The van der Waals surface area contributed by atoms with E-state index in [9.17, 15) is 9.59 Å². The first kappa shape index (κ1) is 28.8. The minimum atomic E-state index is -0.757. The number of aliphatic imine (C=N–C) groups is 1. The summed E-state index contributed by atoms with van der Waals surface area (Å²) in [4.78, 5) is 35.8. The summed E-state index contributed by atoms with van der Waals surface area (Å²) >= 11 is 0. The molecule has 6 aliphatic rings. The van der Waals surface area contributed by atoms with Crippen LogP contribution in [-0.4, -0.2) is 86.2 Å². The monoisotopic (exact) mass is 577 g/mol. The molecule has 2 amide bonds. The Morgan fingerprint density at radius 3 is 2.38 bits per heavy atom. The highest BCUT2D eigenvalue weighted by Crippen LogP contribution is 2.59. The largest absolute Gasteiger partial charge is 0.487 e. The summed E-state index contributed by atoms with van der Waals surface area (Å²) in [6.07, 6.45) is 9.95. The zero-order valence-electron chi connectivity index (χ0n) is 24.9. The lowest BCUT2D eigenvalue weighted by molar-refractivity contribution is -0.128. The number of halogens is 2. The average Bonchev–Trinajstić information content (AvgIpc) is 3.85. The Bertz CT molecular complexity index is 1410. The van der Waals surface area contributed by atoms with Gasteiger partial charge in [0.25, 0.3) is 5.91 Å². The Balaban J connectivity index is 1.06. The number of carbonyl (C=O) groups excluding carboxylic acids is 2. The summed E-state index contributed by atoms with van der Waals surface area (Å²) in [5.74, 6) is -1.86. The fraction of sp³-hybridized carbons (Fsp3) is 0.515. The molecule has 42 heavy (non-hydrogen) atoms. The highest BCUT2D eigenvalue weighted by molar-refractivity contribution is 6.46. The highest BCUT2D eigenvalue weighted by atomic mass is 19.1. The number of piperidine rings is 1. The van der Waals surface area contributed by atoms with E-state index in [4.69, 9.17) is 4.74 Å². The lowest BCUT2D eigenvalue weighted by atomic mass is 9.78. The van der Waals surface area contributed by atoms with E-state index in [0.29, 0.717) is 42.9 Å². The molecule has 1 atom stereocenters. The SMILES string of the molecule is CN(C)CCN(C)C(=O)C1=NC=C(c2cc(F)c(OCC3CCN(C(=O)C4=C(C5(C)CC5)[CH]4)CC3)c(F)c2)C2C=C1C2. The third-order valence-corrected chi connectivity index (χ3v) is 9.38. The van der Waals surface area contributed by atoms with Gasteiger partial charge in [0, 0.05) is 57.3 Å². The fourth-order valence-corrected chi connectivity index (χ4v) is 6.03. The Morgan fingerprint density at radius 1 is 1.10 bits per heavy atom. The summed E-state index contributed by atoms with van der Waals surface area (Å²) in [5.41, 5.74) is 4.67. The smallest absolute Gasteiger partial charge is 0.272 e. The van der Waals surface area contributed by atoms with Crippen molar-refractivity contribution in [2.75, 3.05) is 53.9 Å². The molecule has 223 valence electrons. The number of likely N-dealkylation sites (tertiary alicyclic amines) is 1. The third-order valence-electron chi connectivity index (χ3n) is 9.38. The molecule has 1 radical (unpaired) electrons. The molecule has 0 spiro atoms. The topological polar surface area (TPSA) is 65.5 Å². The van der Waals surface area contributed by atoms with Crippen LogP contribution in [0.25, 0.3) is 5.57 Å². The summed E-state index contributed by atoms with van der Waals surface area (Å²) in [7, 11) is 5.66.